The Morgan fingerprint density at radius 1 is 1.69 bits per heavy atom. The molecule has 3 heteroatoms. The highest BCUT2D eigenvalue weighted by molar-refractivity contribution is 7.17. The average molecular weight is 200 g/mol. The van der Waals surface area contributed by atoms with Gasteiger partial charge in [0, 0.05) is 7.11 Å². The second-order valence-corrected chi connectivity index (χ2v) is 4.61. The van der Waals surface area contributed by atoms with Gasteiger partial charge in [0.2, 0.25) is 0 Å². The van der Waals surface area contributed by atoms with Crippen LogP contribution >= 0.6 is 9.24 Å². The summed E-state index contributed by atoms with van der Waals surface area (Å²) in [6, 6.07) is 0. The van der Waals surface area contributed by atoms with Gasteiger partial charge >= 0.3 is 0 Å². The molecule has 0 aromatic carbocycles. The van der Waals surface area contributed by atoms with Crippen molar-refractivity contribution >= 4 is 9.24 Å². The van der Waals surface area contributed by atoms with Crippen LogP contribution in [0.4, 0.5) is 0 Å². The van der Waals surface area contributed by atoms with Crippen LogP contribution in [0.5, 0.6) is 0 Å². The zero-order chi connectivity index (χ0) is 9.84. The minimum Gasteiger partial charge on any atom is -0.386 e. The summed E-state index contributed by atoms with van der Waals surface area (Å²) < 4.78 is 5.07. The standard InChI is InChI=1S/C10H17O2P/c1-7(13)5-8-3-4-10(12-2)9(11)6-8/h3-4,6-7,9-11H,5,13H2,1-2H3. The number of methoxy groups -OCH3 is 1. The second kappa shape index (κ2) is 4.90. The van der Waals surface area contributed by atoms with Gasteiger partial charge in [-0.3, -0.25) is 0 Å². The molecular formula is C10H17O2P. The lowest BCUT2D eigenvalue weighted by molar-refractivity contribution is 0.0410. The molecule has 0 aromatic heterocycles. The van der Waals surface area contributed by atoms with Crippen molar-refractivity contribution in [3.8, 4) is 0 Å². The van der Waals surface area contributed by atoms with E-state index in [4.69, 9.17) is 4.74 Å². The van der Waals surface area contributed by atoms with Gasteiger partial charge in [-0.2, -0.15) is 0 Å². The fourth-order valence-electron chi connectivity index (χ4n) is 1.43. The molecular weight excluding hydrogens is 183 g/mol. The predicted molar refractivity (Wildman–Crippen MR) is 57.8 cm³/mol. The first-order valence-electron chi connectivity index (χ1n) is 4.49. The van der Waals surface area contributed by atoms with Gasteiger partial charge in [-0.15, -0.1) is 9.24 Å². The first-order chi connectivity index (χ1) is 6.13. The van der Waals surface area contributed by atoms with E-state index in [-0.39, 0.29) is 6.10 Å². The summed E-state index contributed by atoms with van der Waals surface area (Å²) in [5.41, 5.74) is 1.73. The smallest absolute Gasteiger partial charge is 0.105 e. The van der Waals surface area contributed by atoms with Crippen LogP contribution in [0.2, 0.25) is 0 Å². The number of aliphatic hydroxyl groups is 1. The first kappa shape index (κ1) is 10.9. The molecule has 4 atom stereocenters. The fourth-order valence-corrected chi connectivity index (χ4v) is 1.70. The maximum atomic E-state index is 9.59. The topological polar surface area (TPSA) is 29.5 Å². The molecule has 0 saturated carbocycles. The Labute approximate surface area is 81.9 Å². The first-order valence-corrected chi connectivity index (χ1v) is 5.15. The molecule has 0 aromatic rings. The van der Waals surface area contributed by atoms with Gasteiger partial charge in [0.1, 0.15) is 12.2 Å². The van der Waals surface area contributed by atoms with Crippen molar-refractivity contribution in [2.24, 2.45) is 0 Å². The molecule has 13 heavy (non-hydrogen) atoms. The number of ether oxygens (including phenoxy) is 1. The van der Waals surface area contributed by atoms with Gasteiger partial charge in [-0.1, -0.05) is 25.2 Å². The normalized spacial score (nSPS) is 30.0. The van der Waals surface area contributed by atoms with E-state index in [2.05, 4.69) is 16.2 Å². The monoisotopic (exact) mass is 200 g/mol. The minimum absolute atomic E-state index is 0.177. The van der Waals surface area contributed by atoms with Gasteiger partial charge < -0.3 is 9.84 Å². The maximum Gasteiger partial charge on any atom is 0.105 e. The molecule has 0 fully saturated rings. The average Bonchev–Trinajstić information content (AvgIpc) is 2.03. The third-order valence-electron chi connectivity index (χ3n) is 2.05. The third-order valence-corrected chi connectivity index (χ3v) is 2.29. The van der Waals surface area contributed by atoms with Gasteiger partial charge in [-0.05, 0) is 17.7 Å². The van der Waals surface area contributed by atoms with Crippen molar-refractivity contribution < 1.29 is 9.84 Å². The number of allylic oxidation sites excluding steroid dienone is 2. The van der Waals surface area contributed by atoms with Crippen molar-refractivity contribution in [1.29, 1.82) is 0 Å². The summed E-state index contributed by atoms with van der Waals surface area (Å²) in [6.07, 6.45) is 6.12. The van der Waals surface area contributed by atoms with Crippen molar-refractivity contribution in [2.45, 2.75) is 31.2 Å². The molecule has 0 spiro atoms. The lowest BCUT2D eigenvalue weighted by Gasteiger charge is -2.21. The SMILES string of the molecule is COC1C=CC(CC(C)P)=CC1O. The van der Waals surface area contributed by atoms with E-state index in [0.717, 1.165) is 6.42 Å². The van der Waals surface area contributed by atoms with Crippen molar-refractivity contribution in [1.82, 2.24) is 0 Å². The van der Waals surface area contributed by atoms with Gasteiger partial charge in [0.15, 0.2) is 0 Å². The highest BCUT2D eigenvalue weighted by Crippen LogP contribution is 2.20. The minimum atomic E-state index is -0.492. The van der Waals surface area contributed by atoms with Crippen LogP contribution in [0.15, 0.2) is 23.8 Å². The molecule has 0 amide bonds. The van der Waals surface area contributed by atoms with Gasteiger partial charge in [-0.25, -0.2) is 0 Å². The lowest BCUT2D eigenvalue weighted by atomic mass is 9.99. The maximum absolute atomic E-state index is 9.59. The highest BCUT2D eigenvalue weighted by Gasteiger charge is 2.17. The Morgan fingerprint density at radius 3 is 2.85 bits per heavy atom. The van der Waals surface area contributed by atoms with Crippen molar-refractivity contribution in [2.75, 3.05) is 7.11 Å². The molecule has 2 nitrogen and oxygen atoms in total. The van der Waals surface area contributed by atoms with Gasteiger partial charge in [0.25, 0.3) is 0 Å². The van der Waals surface area contributed by atoms with E-state index < -0.39 is 6.10 Å². The Bertz CT molecular complexity index is 221. The zero-order valence-electron chi connectivity index (χ0n) is 8.10. The molecule has 0 heterocycles. The highest BCUT2D eigenvalue weighted by atomic mass is 31.0. The van der Waals surface area contributed by atoms with E-state index in [9.17, 15) is 5.11 Å². The summed E-state index contributed by atoms with van der Waals surface area (Å²) in [4.78, 5) is 0. The molecule has 4 unspecified atom stereocenters. The van der Waals surface area contributed by atoms with Crippen LogP contribution < -0.4 is 0 Å². The van der Waals surface area contributed by atoms with E-state index in [1.807, 2.05) is 18.2 Å². The molecule has 0 saturated heterocycles. The van der Waals surface area contributed by atoms with Crippen LogP contribution in [0, 0.1) is 0 Å². The Kier molecular flexibility index (Phi) is 4.11. The molecule has 0 aliphatic heterocycles. The van der Waals surface area contributed by atoms with Crippen LogP contribution in [-0.4, -0.2) is 30.1 Å². The van der Waals surface area contributed by atoms with E-state index in [1.54, 1.807) is 7.11 Å². The third kappa shape index (κ3) is 3.22. The Morgan fingerprint density at radius 2 is 2.38 bits per heavy atom. The summed E-state index contributed by atoms with van der Waals surface area (Å²) in [7, 11) is 4.36. The van der Waals surface area contributed by atoms with Crippen molar-refractivity contribution in [3.63, 3.8) is 0 Å². The van der Waals surface area contributed by atoms with E-state index in [0.29, 0.717) is 5.66 Å². The Hall–Kier alpha value is -0.170. The van der Waals surface area contributed by atoms with E-state index >= 15 is 0 Å². The fraction of sp³-hybridized carbons (Fsp3) is 0.600. The quantitative estimate of drug-likeness (QED) is 0.700. The zero-order valence-corrected chi connectivity index (χ0v) is 9.26. The summed E-state index contributed by atoms with van der Waals surface area (Å²) >= 11 is 0. The summed E-state index contributed by atoms with van der Waals surface area (Å²) in [5, 5.41) is 9.59. The van der Waals surface area contributed by atoms with Crippen LogP contribution in [0.3, 0.4) is 0 Å². The summed E-state index contributed by atoms with van der Waals surface area (Å²) in [5.74, 6) is 0. The molecule has 0 bridgehead atoms. The molecule has 0 radical (unpaired) electrons. The van der Waals surface area contributed by atoms with E-state index in [1.165, 1.54) is 5.57 Å². The number of hydrogen-bond donors (Lipinski definition) is 1. The molecule has 1 aliphatic carbocycles. The van der Waals surface area contributed by atoms with Crippen LogP contribution in [0.25, 0.3) is 0 Å². The molecule has 1 N–H and O–H groups in total. The van der Waals surface area contributed by atoms with Crippen LogP contribution in [-0.2, 0) is 4.74 Å². The number of aliphatic hydroxyl groups excluding tert-OH is 1. The molecule has 74 valence electrons. The largest absolute Gasteiger partial charge is 0.386 e. The summed E-state index contributed by atoms with van der Waals surface area (Å²) in [6.45, 7) is 2.13. The predicted octanol–water partition coefficient (Wildman–Crippen LogP) is 1.51. The lowest BCUT2D eigenvalue weighted by Crippen LogP contribution is -2.26. The van der Waals surface area contributed by atoms with Crippen LogP contribution in [0.1, 0.15) is 13.3 Å². The van der Waals surface area contributed by atoms with Gasteiger partial charge in [0.05, 0.1) is 0 Å². The second-order valence-electron chi connectivity index (χ2n) is 3.47. The number of hydrogen-bond acceptors (Lipinski definition) is 2. The number of rotatable bonds is 3. The Balaban J connectivity index is 2.57. The molecule has 1 aliphatic rings. The molecule has 1 rings (SSSR count). The van der Waals surface area contributed by atoms with Crippen molar-refractivity contribution in [3.05, 3.63) is 23.8 Å².